The first-order chi connectivity index (χ1) is 14.1. The van der Waals surface area contributed by atoms with E-state index in [-0.39, 0.29) is 5.78 Å². The molecule has 0 N–H and O–H groups in total. The fourth-order valence-electron chi connectivity index (χ4n) is 3.00. The van der Waals surface area contributed by atoms with Gasteiger partial charge in [-0.15, -0.1) is 0 Å². The molecule has 1 aliphatic rings. The number of halogens is 1. The van der Waals surface area contributed by atoms with Crippen molar-refractivity contribution in [1.29, 1.82) is 0 Å². The minimum atomic E-state index is 0.101. The van der Waals surface area contributed by atoms with E-state index in [2.05, 4.69) is 82.3 Å². The van der Waals surface area contributed by atoms with Gasteiger partial charge in [-0.1, -0.05) is 17.7 Å². The molecule has 0 amide bonds. The van der Waals surface area contributed by atoms with Crippen LogP contribution in [0.4, 0.5) is 0 Å². The van der Waals surface area contributed by atoms with E-state index in [1.54, 1.807) is 31.2 Å². The Morgan fingerprint density at radius 1 is 0.897 bits per heavy atom. The van der Waals surface area contributed by atoms with Crippen LogP contribution in [0.2, 0.25) is 0 Å². The van der Waals surface area contributed by atoms with Crippen molar-refractivity contribution in [2.75, 3.05) is 7.05 Å². The van der Waals surface area contributed by atoms with Crippen LogP contribution in [-0.2, 0) is 39.6 Å². The van der Waals surface area contributed by atoms with Crippen LogP contribution in [0, 0.1) is 6.07 Å². The first-order valence-corrected chi connectivity index (χ1v) is 11.7. The average Bonchev–Trinajstić information content (AvgIpc) is 2.76. The molecule has 6 heteroatoms. The molecule has 0 unspecified atom stereocenters. The summed E-state index contributed by atoms with van der Waals surface area (Å²) in [5, 5.41) is 0. The van der Waals surface area contributed by atoms with E-state index in [1.807, 2.05) is 0 Å². The molecule has 3 aromatic rings. The molecule has 0 aliphatic carbocycles. The van der Waals surface area contributed by atoms with Crippen molar-refractivity contribution in [3.8, 4) is 0 Å². The number of pyridine rings is 2. The topological polar surface area (TPSA) is 46.1 Å². The Balaban J connectivity index is 0.000000231. The Bertz CT molecular complexity index is 856. The zero-order chi connectivity index (χ0) is 21.1. The number of benzene rings is 1. The summed E-state index contributed by atoms with van der Waals surface area (Å²) in [6, 6.07) is 22.4. The third kappa shape index (κ3) is 8.17. The Kier molecular flexibility index (Phi) is 10.2. The molecule has 4 nitrogen and oxygen atoms in total. The number of hydrogen-bond acceptors (Lipinski definition) is 4. The van der Waals surface area contributed by atoms with E-state index in [0.717, 1.165) is 54.3 Å². The van der Waals surface area contributed by atoms with E-state index < -0.39 is 0 Å². The molecule has 4 bridgehead atoms. The minimum absolute atomic E-state index is 0.101. The molecular weight excluding hydrogens is 473 g/mol. The summed E-state index contributed by atoms with van der Waals surface area (Å²) in [7, 11) is 2.11. The fraction of sp³-hybridized carbons (Fsp3) is 0.261. The number of aryl methyl sites for hydroxylation is 2. The first-order valence-electron chi connectivity index (χ1n) is 9.27. The molecule has 1 aromatic carbocycles. The van der Waals surface area contributed by atoms with E-state index in [4.69, 9.17) is 9.97 Å². The summed E-state index contributed by atoms with van der Waals surface area (Å²) in [5.41, 5.74) is 5.36. The van der Waals surface area contributed by atoms with Gasteiger partial charge in [-0.3, -0.25) is 19.7 Å². The third-order valence-corrected chi connectivity index (χ3v) is 4.35. The van der Waals surface area contributed by atoms with Gasteiger partial charge in [0.1, 0.15) is 5.78 Å². The van der Waals surface area contributed by atoms with Crippen LogP contribution in [0.5, 0.6) is 0 Å². The zero-order valence-electron chi connectivity index (χ0n) is 16.5. The molecule has 1 aliphatic heterocycles. The van der Waals surface area contributed by atoms with Gasteiger partial charge in [0.2, 0.25) is 0 Å². The molecule has 0 fully saturated rings. The number of hydrogen-bond donors (Lipinski definition) is 0. The predicted molar refractivity (Wildman–Crippen MR) is 115 cm³/mol. The Labute approximate surface area is 187 Å². The molecular formula is C23H24BrN3NiO-. The number of fused-ring (bicyclic) bond motifs is 4. The van der Waals surface area contributed by atoms with Crippen LogP contribution in [0.25, 0.3) is 0 Å². The molecule has 0 atom stereocenters. The maximum atomic E-state index is 10.6. The number of carbonyl (C=O) groups is 1. The van der Waals surface area contributed by atoms with Gasteiger partial charge in [-0.2, -0.15) is 30.3 Å². The molecule has 0 saturated heterocycles. The average molecular weight is 497 g/mol. The van der Waals surface area contributed by atoms with Gasteiger partial charge >= 0.3 is 27.9 Å². The molecule has 0 spiro atoms. The molecule has 0 radical (unpaired) electrons. The van der Waals surface area contributed by atoms with Gasteiger partial charge < -0.3 is 0 Å². The quantitative estimate of drug-likeness (QED) is 0.277. The second kappa shape index (κ2) is 12.6. The van der Waals surface area contributed by atoms with Gasteiger partial charge in [0, 0.05) is 24.5 Å². The van der Waals surface area contributed by atoms with Crippen LogP contribution >= 0.6 is 14.2 Å². The predicted octanol–water partition coefficient (Wildman–Crippen LogP) is 4.74. The van der Waals surface area contributed by atoms with E-state index in [0.29, 0.717) is 0 Å². The standard InChI is InChI=1S/C15H17N3.C8H7O.BrH.Ni/c1-18-10-14-6-2-4-12(16-14)8-9-13-5-3-7-15(11-18)17-13;1-7(9)8-5-3-2-4-6-8;;/h2-7H,8-11H2,1H3;3-6H,1H3;1H;/q;-1;;+1/p-1. The van der Waals surface area contributed by atoms with Crippen molar-refractivity contribution in [1.82, 2.24) is 14.9 Å². The number of nitrogens with zero attached hydrogens (tertiary/aromatic N) is 3. The monoisotopic (exact) mass is 495 g/mol. The van der Waals surface area contributed by atoms with Crippen LogP contribution in [0.3, 0.4) is 0 Å². The van der Waals surface area contributed by atoms with Crippen molar-refractivity contribution in [3.05, 3.63) is 95.1 Å². The second-order valence-corrected chi connectivity index (χ2v) is 6.76. The third-order valence-electron chi connectivity index (χ3n) is 4.35. The van der Waals surface area contributed by atoms with Crippen LogP contribution < -0.4 is 0 Å². The summed E-state index contributed by atoms with van der Waals surface area (Å²) in [4.78, 5) is 22.3. The van der Waals surface area contributed by atoms with Crippen molar-refractivity contribution >= 4 is 20.0 Å². The number of ketones is 1. The summed E-state index contributed by atoms with van der Waals surface area (Å²) < 4.78 is 0. The summed E-state index contributed by atoms with van der Waals surface area (Å²) in [6.45, 7) is 3.30. The van der Waals surface area contributed by atoms with Gasteiger partial charge in [0.25, 0.3) is 0 Å². The summed E-state index contributed by atoms with van der Waals surface area (Å²) in [6.07, 6.45) is 1.93. The Morgan fingerprint density at radius 3 is 1.76 bits per heavy atom. The number of Topliss-reactive ketones (excluding diaryl/α,β-unsaturated/α-hetero) is 1. The SMILES string of the molecule is CC(=O)c1cc[c-]cc1.CN1Cc2cccc(n2)CCc2cccc(n2)C1.[Ni][Br]. The number of rotatable bonds is 1. The first kappa shape index (κ1) is 23.4. The molecule has 0 saturated carbocycles. The fourth-order valence-corrected chi connectivity index (χ4v) is 3.00. The molecule has 155 valence electrons. The van der Waals surface area contributed by atoms with Gasteiger partial charge in [0.05, 0.1) is 11.4 Å². The Hall–Kier alpha value is -1.88. The van der Waals surface area contributed by atoms with Crippen molar-refractivity contribution in [3.63, 3.8) is 0 Å². The van der Waals surface area contributed by atoms with Gasteiger partial charge in [-0.05, 0) is 51.1 Å². The number of carbonyl (C=O) groups excluding carboxylic acids is 1. The van der Waals surface area contributed by atoms with Crippen molar-refractivity contribution < 1.29 is 18.5 Å². The normalized spacial score (nSPS) is 13.0. The molecule has 4 rings (SSSR count). The molecule has 2 aromatic heterocycles. The van der Waals surface area contributed by atoms with E-state index in [1.165, 1.54) is 0 Å². The van der Waals surface area contributed by atoms with Crippen molar-refractivity contribution in [2.45, 2.75) is 32.9 Å². The number of aromatic nitrogens is 2. The zero-order valence-corrected chi connectivity index (χ0v) is 19.1. The second-order valence-electron chi connectivity index (χ2n) is 6.76. The van der Waals surface area contributed by atoms with Crippen LogP contribution in [0.15, 0.2) is 60.7 Å². The maximum absolute atomic E-state index is 10.6. The van der Waals surface area contributed by atoms with Crippen LogP contribution in [-0.4, -0.2) is 27.7 Å². The van der Waals surface area contributed by atoms with Gasteiger partial charge in [-0.25, -0.2) is 0 Å². The van der Waals surface area contributed by atoms with E-state index >= 15 is 0 Å². The summed E-state index contributed by atoms with van der Waals surface area (Å²) in [5.74, 6) is 0.101. The van der Waals surface area contributed by atoms with Crippen LogP contribution in [0.1, 0.15) is 40.1 Å². The Morgan fingerprint density at radius 2 is 1.34 bits per heavy atom. The van der Waals surface area contributed by atoms with Crippen molar-refractivity contribution in [2.24, 2.45) is 0 Å². The van der Waals surface area contributed by atoms with E-state index in [9.17, 15) is 4.79 Å². The molecule has 3 heterocycles. The molecule has 29 heavy (non-hydrogen) atoms. The summed E-state index contributed by atoms with van der Waals surface area (Å²) >= 11 is 6.25. The van der Waals surface area contributed by atoms with Gasteiger partial charge in [0.15, 0.2) is 0 Å².